The van der Waals surface area contributed by atoms with Crippen molar-refractivity contribution in [2.75, 3.05) is 0 Å². The van der Waals surface area contributed by atoms with Gasteiger partial charge in [-0.05, 0) is 36.1 Å². The lowest BCUT2D eigenvalue weighted by atomic mass is 10.0. The van der Waals surface area contributed by atoms with E-state index in [1.807, 2.05) is 13.8 Å². The van der Waals surface area contributed by atoms with E-state index in [1.54, 1.807) is 6.20 Å². The van der Waals surface area contributed by atoms with Crippen LogP contribution in [0.25, 0.3) is 10.9 Å². The molecule has 0 aliphatic heterocycles. The number of fused-ring (bicyclic) bond motifs is 1. The second-order valence-corrected chi connectivity index (χ2v) is 7.34. The predicted octanol–water partition coefficient (Wildman–Crippen LogP) is 7.10. The molecule has 3 aromatic rings. The fourth-order valence-electron chi connectivity index (χ4n) is 3.20. The molecule has 0 aliphatic carbocycles. The number of nitrogens with zero attached hydrogens (tertiary/aromatic N) is 1. The van der Waals surface area contributed by atoms with Crippen molar-refractivity contribution in [2.24, 2.45) is 5.92 Å². The van der Waals surface area contributed by atoms with Crippen molar-refractivity contribution in [3.8, 4) is 11.5 Å². The van der Waals surface area contributed by atoms with Gasteiger partial charge in [-0.25, -0.2) is 0 Å². The van der Waals surface area contributed by atoms with E-state index < -0.39 is 39.8 Å². The lowest BCUT2D eigenvalue weighted by Gasteiger charge is -2.19. The molecular formula is C20H16F6N2O3. The van der Waals surface area contributed by atoms with E-state index in [2.05, 4.69) is 4.98 Å². The maximum atomic E-state index is 13.5. The van der Waals surface area contributed by atoms with Gasteiger partial charge in [-0.2, -0.15) is 26.3 Å². The molecule has 0 saturated carbocycles. The van der Waals surface area contributed by atoms with Crippen LogP contribution in [0, 0.1) is 16.0 Å². The zero-order chi connectivity index (χ0) is 23.1. The van der Waals surface area contributed by atoms with E-state index in [9.17, 15) is 36.5 Å². The standard InChI is InChI=1S/C20H16F6N2O3/c1-10(2)5-11-9-27-17-4-3-13(8-14(11)17)31-18-15(19(21,22)23)6-12(28(29)30)7-16(18)20(24,25)26/h3-4,6-10,27H,5H2,1-2H3. The largest absolute Gasteiger partial charge is 0.456 e. The Labute approximate surface area is 171 Å². The number of halogens is 6. The van der Waals surface area contributed by atoms with Gasteiger partial charge < -0.3 is 9.72 Å². The Morgan fingerprint density at radius 1 is 1.03 bits per heavy atom. The van der Waals surface area contributed by atoms with Gasteiger partial charge in [0.1, 0.15) is 16.9 Å². The molecule has 0 saturated heterocycles. The van der Waals surface area contributed by atoms with Crippen LogP contribution in [0.1, 0.15) is 30.5 Å². The molecule has 0 unspecified atom stereocenters. The Bertz CT molecular complexity index is 1100. The van der Waals surface area contributed by atoms with E-state index in [0.717, 1.165) is 5.56 Å². The fraction of sp³-hybridized carbons (Fsp3) is 0.300. The summed E-state index contributed by atoms with van der Waals surface area (Å²) in [7, 11) is 0. The van der Waals surface area contributed by atoms with Crippen molar-refractivity contribution in [3.63, 3.8) is 0 Å². The summed E-state index contributed by atoms with van der Waals surface area (Å²) in [5, 5.41) is 11.5. The molecule has 0 amide bonds. The highest BCUT2D eigenvalue weighted by Gasteiger charge is 2.44. The smallest absolute Gasteiger partial charge is 0.420 e. The second kappa shape index (κ2) is 7.78. The number of nitro groups is 1. The van der Waals surface area contributed by atoms with E-state index in [4.69, 9.17) is 4.74 Å². The number of rotatable bonds is 5. The molecule has 1 heterocycles. The molecule has 0 atom stereocenters. The Morgan fingerprint density at radius 2 is 1.61 bits per heavy atom. The van der Waals surface area contributed by atoms with Crippen molar-refractivity contribution < 1.29 is 36.0 Å². The number of hydrogen-bond acceptors (Lipinski definition) is 3. The van der Waals surface area contributed by atoms with Crippen molar-refractivity contribution >= 4 is 16.6 Å². The maximum Gasteiger partial charge on any atom is 0.420 e. The Kier molecular flexibility index (Phi) is 5.64. The number of nitro benzene ring substituents is 1. The summed E-state index contributed by atoms with van der Waals surface area (Å²) in [6.45, 7) is 3.92. The second-order valence-electron chi connectivity index (χ2n) is 7.34. The van der Waals surface area contributed by atoms with E-state index in [0.29, 0.717) is 17.3 Å². The lowest BCUT2D eigenvalue weighted by molar-refractivity contribution is -0.385. The molecule has 0 radical (unpaired) electrons. The average molecular weight is 446 g/mol. The summed E-state index contributed by atoms with van der Waals surface area (Å²) < 4.78 is 86.1. The van der Waals surface area contributed by atoms with Gasteiger partial charge in [0.2, 0.25) is 0 Å². The topological polar surface area (TPSA) is 68.2 Å². The first-order chi connectivity index (χ1) is 14.3. The van der Waals surface area contributed by atoms with Gasteiger partial charge >= 0.3 is 12.4 Å². The summed E-state index contributed by atoms with van der Waals surface area (Å²) in [6, 6.07) is 4.10. The highest BCUT2D eigenvalue weighted by atomic mass is 19.4. The van der Waals surface area contributed by atoms with Gasteiger partial charge in [-0.3, -0.25) is 10.1 Å². The Morgan fingerprint density at radius 3 is 2.10 bits per heavy atom. The van der Waals surface area contributed by atoms with Crippen molar-refractivity contribution in [1.82, 2.24) is 4.98 Å². The van der Waals surface area contributed by atoms with E-state index in [-0.39, 0.29) is 23.8 Å². The van der Waals surface area contributed by atoms with Gasteiger partial charge in [0.25, 0.3) is 5.69 Å². The molecule has 2 aromatic carbocycles. The summed E-state index contributed by atoms with van der Waals surface area (Å²) in [5.41, 5.74) is -3.64. The first kappa shape index (κ1) is 22.4. The van der Waals surface area contributed by atoms with Crippen molar-refractivity contribution in [2.45, 2.75) is 32.6 Å². The quantitative estimate of drug-likeness (QED) is 0.258. The third-order valence-corrected chi connectivity index (χ3v) is 4.48. The molecule has 11 heteroatoms. The highest BCUT2D eigenvalue weighted by Crippen LogP contribution is 2.48. The molecule has 0 fully saturated rings. The number of H-pyrrole nitrogens is 1. The van der Waals surface area contributed by atoms with Gasteiger partial charge in [0.15, 0.2) is 5.75 Å². The fourth-order valence-corrected chi connectivity index (χ4v) is 3.20. The lowest BCUT2D eigenvalue weighted by Crippen LogP contribution is -2.15. The number of benzene rings is 2. The minimum absolute atomic E-state index is 0.0313. The predicted molar refractivity (Wildman–Crippen MR) is 100 cm³/mol. The zero-order valence-electron chi connectivity index (χ0n) is 16.2. The van der Waals surface area contributed by atoms with Crippen LogP contribution < -0.4 is 4.74 Å². The molecule has 1 aromatic heterocycles. The van der Waals surface area contributed by atoms with E-state index in [1.165, 1.54) is 18.2 Å². The van der Waals surface area contributed by atoms with E-state index >= 15 is 0 Å². The number of non-ortho nitro benzene ring substituents is 1. The van der Waals surface area contributed by atoms with Crippen LogP contribution in [0.4, 0.5) is 32.0 Å². The van der Waals surface area contributed by atoms with Crippen molar-refractivity contribution in [1.29, 1.82) is 0 Å². The Balaban J connectivity index is 2.19. The normalized spacial score (nSPS) is 12.5. The molecule has 0 aliphatic rings. The summed E-state index contributed by atoms with van der Waals surface area (Å²) in [5.74, 6) is -1.54. The highest BCUT2D eigenvalue weighted by molar-refractivity contribution is 5.84. The van der Waals surface area contributed by atoms with Crippen LogP contribution in [-0.2, 0) is 18.8 Å². The molecule has 0 spiro atoms. The molecular weight excluding hydrogens is 430 g/mol. The number of alkyl halides is 6. The number of hydrogen-bond donors (Lipinski definition) is 1. The number of nitrogens with one attached hydrogen (secondary N) is 1. The first-order valence-corrected chi connectivity index (χ1v) is 9.02. The molecule has 31 heavy (non-hydrogen) atoms. The third-order valence-electron chi connectivity index (χ3n) is 4.48. The first-order valence-electron chi connectivity index (χ1n) is 9.02. The average Bonchev–Trinajstić information content (AvgIpc) is 3.01. The van der Waals surface area contributed by atoms with Crippen LogP contribution in [0.2, 0.25) is 0 Å². The van der Waals surface area contributed by atoms with Crippen LogP contribution in [-0.4, -0.2) is 9.91 Å². The maximum absolute atomic E-state index is 13.5. The summed E-state index contributed by atoms with van der Waals surface area (Å²) in [6.07, 6.45) is -8.30. The minimum atomic E-state index is -5.32. The van der Waals surface area contributed by atoms with Crippen molar-refractivity contribution in [3.05, 3.63) is 63.3 Å². The van der Waals surface area contributed by atoms with Crippen LogP contribution >= 0.6 is 0 Å². The molecule has 0 bridgehead atoms. The molecule has 3 rings (SSSR count). The van der Waals surface area contributed by atoms with Crippen LogP contribution in [0.15, 0.2) is 36.5 Å². The molecule has 1 N–H and O–H groups in total. The molecule has 166 valence electrons. The van der Waals surface area contributed by atoms with Gasteiger partial charge in [-0.15, -0.1) is 0 Å². The minimum Gasteiger partial charge on any atom is -0.456 e. The van der Waals surface area contributed by atoms with Crippen LogP contribution in [0.5, 0.6) is 11.5 Å². The number of aromatic nitrogens is 1. The number of aromatic amines is 1. The summed E-state index contributed by atoms with van der Waals surface area (Å²) in [4.78, 5) is 12.6. The molecule has 5 nitrogen and oxygen atoms in total. The van der Waals surface area contributed by atoms with Crippen LogP contribution in [0.3, 0.4) is 0 Å². The van der Waals surface area contributed by atoms with Gasteiger partial charge in [-0.1, -0.05) is 13.8 Å². The monoisotopic (exact) mass is 446 g/mol. The zero-order valence-corrected chi connectivity index (χ0v) is 16.2. The Hall–Kier alpha value is -3.24. The summed E-state index contributed by atoms with van der Waals surface area (Å²) >= 11 is 0. The third kappa shape index (κ3) is 4.75. The van der Waals surface area contributed by atoms with Gasteiger partial charge in [0.05, 0.1) is 4.92 Å². The number of ether oxygens (including phenoxy) is 1. The van der Waals surface area contributed by atoms with Gasteiger partial charge in [0, 0.05) is 29.2 Å². The SMILES string of the molecule is CC(C)Cc1c[nH]c2ccc(Oc3c(C(F)(F)F)cc([N+](=O)[O-])cc3C(F)(F)F)cc12.